The Labute approximate surface area is 127 Å². The highest BCUT2D eigenvalue weighted by Gasteiger charge is 2.14. The van der Waals surface area contributed by atoms with Crippen LogP contribution in [0.15, 0.2) is 48.8 Å². The molecular formula is C17H15N3O2. The molecule has 0 radical (unpaired) electrons. The minimum absolute atomic E-state index is 0.0636. The van der Waals surface area contributed by atoms with E-state index in [2.05, 4.69) is 30.2 Å². The smallest absolute Gasteiger partial charge is 0.278 e. The summed E-state index contributed by atoms with van der Waals surface area (Å²) in [5.74, 6) is 0. The molecule has 0 saturated carbocycles. The van der Waals surface area contributed by atoms with Gasteiger partial charge < -0.3 is 5.32 Å². The van der Waals surface area contributed by atoms with Gasteiger partial charge in [0, 0.05) is 35.2 Å². The van der Waals surface area contributed by atoms with Gasteiger partial charge in [-0.2, -0.15) is 0 Å². The first-order valence-electron chi connectivity index (χ1n) is 6.91. The lowest BCUT2D eigenvalue weighted by Crippen LogP contribution is -1.96. The van der Waals surface area contributed by atoms with Gasteiger partial charge in [-0.05, 0) is 49.2 Å². The molecule has 0 unspecified atom stereocenters. The Balaban J connectivity index is 2.10. The van der Waals surface area contributed by atoms with Crippen LogP contribution >= 0.6 is 0 Å². The number of anilines is 2. The first-order valence-corrected chi connectivity index (χ1v) is 6.91. The van der Waals surface area contributed by atoms with E-state index < -0.39 is 0 Å². The molecule has 1 aromatic heterocycles. The molecule has 5 heteroatoms. The predicted molar refractivity (Wildman–Crippen MR) is 87.6 cm³/mol. The highest BCUT2D eigenvalue weighted by molar-refractivity contribution is 6.00. The molecule has 110 valence electrons. The number of fused-ring (bicyclic) bond motifs is 1. The summed E-state index contributed by atoms with van der Waals surface area (Å²) in [7, 11) is 0. The molecule has 1 heterocycles. The molecule has 0 spiro atoms. The molecule has 22 heavy (non-hydrogen) atoms. The van der Waals surface area contributed by atoms with E-state index >= 15 is 0 Å². The number of non-ortho nitro benzene ring substituents is 1. The van der Waals surface area contributed by atoms with Gasteiger partial charge in [0.2, 0.25) is 0 Å². The minimum Gasteiger partial charge on any atom is -0.355 e. The summed E-state index contributed by atoms with van der Waals surface area (Å²) < 4.78 is 0. The standard InChI is InChI=1S/C17H15N3O2/c1-11-3-4-13(9-12(11)2)19-16-5-6-17(20(21)22)15-10-18-8-7-14(15)16/h3-10,19H,1-2H3. The van der Waals surface area contributed by atoms with Crippen LogP contribution in [0.25, 0.3) is 10.8 Å². The van der Waals surface area contributed by atoms with E-state index in [1.807, 2.05) is 12.1 Å². The Kier molecular flexibility index (Phi) is 3.47. The summed E-state index contributed by atoms with van der Waals surface area (Å²) in [6.07, 6.45) is 3.16. The number of hydrogen-bond acceptors (Lipinski definition) is 4. The molecule has 0 atom stereocenters. The van der Waals surface area contributed by atoms with Crippen molar-refractivity contribution in [3.05, 3.63) is 70.0 Å². The quantitative estimate of drug-likeness (QED) is 0.570. The third kappa shape index (κ3) is 2.48. The molecule has 0 aliphatic rings. The number of aromatic nitrogens is 1. The summed E-state index contributed by atoms with van der Waals surface area (Å²) in [5.41, 5.74) is 4.26. The summed E-state index contributed by atoms with van der Waals surface area (Å²) >= 11 is 0. The maximum Gasteiger partial charge on any atom is 0.278 e. The Bertz CT molecular complexity index is 875. The minimum atomic E-state index is -0.385. The molecule has 0 bridgehead atoms. The molecule has 3 rings (SSSR count). The molecular weight excluding hydrogens is 278 g/mol. The monoisotopic (exact) mass is 293 g/mol. The predicted octanol–water partition coefficient (Wildman–Crippen LogP) is 4.50. The normalized spacial score (nSPS) is 10.6. The molecule has 0 aliphatic heterocycles. The summed E-state index contributed by atoms with van der Waals surface area (Å²) in [6, 6.07) is 11.1. The van der Waals surface area contributed by atoms with Crippen LogP contribution in [0.2, 0.25) is 0 Å². The van der Waals surface area contributed by atoms with Crippen molar-refractivity contribution in [3.8, 4) is 0 Å². The van der Waals surface area contributed by atoms with E-state index in [9.17, 15) is 10.1 Å². The van der Waals surface area contributed by atoms with Crippen molar-refractivity contribution in [2.45, 2.75) is 13.8 Å². The van der Waals surface area contributed by atoms with Crippen LogP contribution in [0.4, 0.5) is 17.1 Å². The lowest BCUT2D eigenvalue weighted by atomic mass is 10.1. The Morgan fingerprint density at radius 2 is 1.86 bits per heavy atom. The fraction of sp³-hybridized carbons (Fsp3) is 0.118. The van der Waals surface area contributed by atoms with Crippen LogP contribution in [0.3, 0.4) is 0 Å². The molecule has 2 aromatic carbocycles. The van der Waals surface area contributed by atoms with Crippen molar-refractivity contribution in [2.75, 3.05) is 5.32 Å². The first kappa shape index (κ1) is 14.0. The van der Waals surface area contributed by atoms with E-state index in [1.165, 1.54) is 23.4 Å². The zero-order chi connectivity index (χ0) is 15.7. The lowest BCUT2D eigenvalue weighted by Gasteiger charge is -2.11. The zero-order valence-electron chi connectivity index (χ0n) is 12.3. The highest BCUT2D eigenvalue weighted by Crippen LogP contribution is 2.32. The number of nitro groups is 1. The fourth-order valence-electron chi connectivity index (χ4n) is 2.42. The average molecular weight is 293 g/mol. The third-order valence-electron chi connectivity index (χ3n) is 3.78. The second kappa shape index (κ2) is 5.44. The summed E-state index contributed by atoms with van der Waals surface area (Å²) in [4.78, 5) is 14.7. The average Bonchev–Trinajstić information content (AvgIpc) is 2.51. The van der Waals surface area contributed by atoms with Crippen LogP contribution in [0.1, 0.15) is 11.1 Å². The van der Waals surface area contributed by atoms with Crippen molar-refractivity contribution in [3.63, 3.8) is 0 Å². The number of hydrogen-bond donors (Lipinski definition) is 1. The van der Waals surface area contributed by atoms with Crippen LogP contribution in [-0.4, -0.2) is 9.91 Å². The number of aryl methyl sites for hydroxylation is 2. The number of nitro benzene ring substituents is 1. The first-order chi connectivity index (χ1) is 10.6. The Hall–Kier alpha value is -2.95. The number of nitrogens with one attached hydrogen (secondary N) is 1. The van der Waals surface area contributed by atoms with Crippen LogP contribution in [-0.2, 0) is 0 Å². The topological polar surface area (TPSA) is 68.1 Å². The summed E-state index contributed by atoms with van der Waals surface area (Å²) in [5, 5.41) is 15.8. The van der Waals surface area contributed by atoms with E-state index in [0.717, 1.165) is 16.8 Å². The number of rotatable bonds is 3. The molecule has 0 aliphatic carbocycles. The number of benzene rings is 2. The second-order valence-electron chi connectivity index (χ2n) is 5.23. The second-order valence-corrected chi connectivity index (χ2v) is 5.23. The van der Waals surface area contributed by atoms with Crippen LogP contribution in [0, 0.1) is 24.0 Å². The van der Waals surface area contributed by atoms with Crippen molar-refractivity contribution >= 4 is 27.8 Å². The zero-order valence-corrected chi connectivity index (χ0v) is 12.3. The lowest BCUT2D eigenvalue weighted by molar-refractivity contribution is -0.383. The van der Waals surface area contributed by atoms with Gasteiger partial charge in [0.05, 0.1) is 10.3 Å². The van der Waals surface area contributed by atoms with Crippen LogP contribution in [0.5, 0.6) is 0 Å². The van der Waals surface area contributed by atoms with Gasteiger partial charge in [0.1, 0.15) is 0 Å². The van der Waals surface area contributed by atoms with Gasteiger partial charge in [-0.1, -0.05) is 6.07 Å². The van der Waals surface area contributed by atoms with E-state index in [-0.39, 0.29) is 10.6 Å². The van der Waals surface area contributed by atoms with E-state index in [4.69, 9.17) is 0 Å². The van der Waals surface area contributed by atoms with Crippen molar-refractivity contribution < 1.29 is 4.92 Å². The largest absolute Gasteiger partial charge is 0.355 e. The van der Waals surface area contributed by atoms with Crippen molar-refractivity contribution in [2.24, 2.45) is 0 Å². The maximum absolute atomic E-state index is 11.1. The third-order valence-corrected chi connectivity index (χ3v) is 3.78. The molecule has 0 saturated heterocycles. The highest BCUT2D eigenvalue weighted by atomic mass is 16.6. The van der Waals surface area contributed by atoms with Crippen molar-refractivity contribution in [1.29, 1.82) is 0 Å². The van der Waals surface area contributed by atoms with E-state index in [1.54, 1.807) is 18.3 Å². The number of nitrogens with zero attached hydrogens (tertiary/aromatic N) is 2. The van der Waals surface area contributed by atoms with Crippen LogP contribution < -0.4 is 5.32 Å². The fourth-order valence-corrected chi connectivity index (χ4v) is 2.42. The van der Waals surface area contributed by atoms with Gasteiger partial charge in [-0.3, -0.25) is 15.1 Å². The van der Waals surface area contributed by atoms with Gasteiger partial charge in [0.25, 0.3) is 5.69 Å². The van der Waals surface area contributed by atoms with Gasteiger partial charge in [-0.25, -0.2) is 0 Å². The Morgan fingerprint density at radius 1 is 1.05 bits per heavy atom. The molecule has 0 amide bonds. The van der Waals surface area contributed by atoms with Crippen molar-refractivity contribution in [1.82, 2.24) is 4.98 Å². The Morgan fingerprint density at radius 3 is 2.59 bits per heavy atom. The van der Waals surface area contributed by atoms with Gasteiger partial charge >= 0.3 is 0 Å². The maximum atomic E-state index is 11.1. The molecule has 3 aromatic rings. The molecule has 0 fully saturated rings. The SMILES string of the molecule is Cc1ccc(Nc2ccc([N+](=O)[O-])c3cnccc23)cc1C. The molecule has 5 nitrogen and oxygen atoms in total. The van der Waals surface area contributed by atoms with E-state index in [0.29, 0.717) is 5.39 Å². The number of pyridine rings is 1. The van der Waals surface area contributed by atoms with Gasteiger partial charge in [-0.15, -0.1) is 0 Å². The van der Waals surface area contributed by atoms with Gasteiger partial charge in [0.15, 0.2) is 0 Å². The molecule has 1 N–H and O–H groups in total. The summed E-state index contributed by atoms with van der Waals surface area (Å²) in [6.45, 7) is 4.12.